The van der Waals surface area contributed by atoms with Crippen LogP contribution in [0.1, 0.15) is 47.0 Å². The molecule has 2 rings (SSSR count). The van der Waals surface area contributed by atoms with Crippen molar-refractivity contribution in [2.45, 2.75) is 95.3 Å². The molecular weight excluding hydrogens is 308 g/mol. The number of hydrogen-bond acceptors (Lipinski definition) is 4. The normalized spacial score (nSPS) is 38.9. The van der Waals surface area contributed by atoms with E-state index in [-0.39, 0.29) is 29.6 Å². The predicted molar refractivity (Wildman–Crippen MR) is 95.1 cm³/mol. The molecule has 0 aromatic rings. The number of fused-ring (bicyclic) bond motifs is 1. The minimum Gasteiger partial charge on any atom is -0.411 e. The number of ether oxygens (including phenoxy) is 3. The molecule has 0 bridgehead atoms. The summed E-state index contributed by atoms with van der Waals surface area (Å²) in [5.74, 6) is 0. The van der Waals surface area contributed by atoms with Crippen LogP contribution in [0.25, 0.3) is 0 Å². The van der Waals surface area contributed by atoms with E-state index in [0.717, 1.165) is 19.3 Å². The summed E-state index contributed by atoms with van der Waals surface area (Å²) >= 11 is 0. The first kappa shape index (κ1) is 19.1. The zero-order chi connectivity index (χ0) is 17.5. The Morgan fingerprint density at radius 2 is 1.87 bits per heavy atom. The van der Waals surface area contributed by atoms with Gasteiger partial charge in [-0.2, -0.15) is 0 Å². The molecule has 1 unspecified atom stereocenters. The summed E-state index contributed by atoms with van der Waals surface area (Å²) in [6.45, 7) is 17.4. The summed E-state index contributed by atoms with van der Waals surface area (Å²) in [4.78, 5) is 0. The average molecular weight is 343 g/mol. The molecule has 2 fully saturated rings. The van der Waals surface area contributed by atoms with Gasteiger partial charge in [-0.3, -0.25) is 0 Å². The fourth-order valence-electron chi connectivity index (χ4n) is 3.08. The third-order valence-corrected chi connectivity index (χ3v) is 10.3. The molecule has 0 saturated carbocycles. The van der Waals surface area contributed by atoms with E-state index in [4.69, 9.17) is 18.6 Å². The van der Waals surface area contributed by atoms with Crippen LogP contribution in [0.15, 0.2) is 12.7 Å². The fraction of sp³-hybridized carbons (Fsp3) is 0.889. The van der Waals surface area contributed by atoms with Gasteiger partial charge in [0.15, 0.2) is 14.6 Å². The third kappa shape index (κ3) is 3.90. The minimum atomic E-state index is -1.89. The maximum Gasteiger partial charge on any atom is 0.192 e. The second-order valence-electron chi connectivity index (χ2n) is 8.56. The van der Waals surface area contributed by atoms with Gasteiger partial charge in [-0.1, -0.05) is 26.8 Å². The quantitative estimate of drug-likeness (QED) is 0.565. The molecule has 134 valence electrons. The van der Waals surface area contributed by atoms with Crippen LogP contribution in [0.3, 0.4) is 0 Å². The molecule has 0 aromatic carbocycles. The van der Waals surface area contributed by atoms with Crippen LogP contribution in [0, 0.1) is 0 Å². The van der Waals surface area contributed by atoms with Crippen molar-refractivity contribution < 1.29 is 18.6 Å². The van der Waals surface area contributed by atoms with Gasteiger partial charge >= 0.3 is 0 Å². The molecule has 0 amide bonds. The van der Waals surface area contributed by atoms with Crippen molar-refractivity contribution >= 4 is 8.32 Å². The van der Waals surface area contributed by atoms with Gasteiger partial charge in [0.1, 0.15) is 5.60 Å². The lowest BCUT2D eigenvalue weighted by Crippen LogP contribution is -2.60. The minimum absolute atomic E-state index is 0.0299. The third-order valence-electron chi connectivity index (χ3n) is 5.83. The van der Waals surface area contributed by atoms with Gasteiger partial charge in [-0.25, -0.2) is 0 Å². The topological polar surface area (TPSA) is 36.9 Å². The Kier molecular flexibility index (Phi) is 5.49. The van der Waals surface area contributed by atoms with Crippen LogP contribution in [-0.4, -0.2) is 45.6 Å². The summed E-state index contributed by atoms with van der Waals surface area (Å²) in [7, 11) is -0.193. The van der Waals surface area contributed by atoms with Gasteiger partial charge in [0.25, 0.3) is 0 Å². The van der Waals surface area contributed by atoms with Crippen molar-refractivity contribution in [2.75, 3.05) is 7.11 Å². The Bertz CT molecular complexity index is 431. The molecule has 2 saturated heterocycles. The summed E-state index contributed by atoms with van der Waals surface area (Å²) in [6.07, 6.45) is 4.56. The standard InChI is InChI=1S/C18H34O4Si/c1-9-18(5)15(22-23(7,8)17(2,3)4)12-14-13(21-18)10-11-16(19-6)20-14/h9,13-16H,1,10-12H2,2-8H3/t13-,14+,15-,16?,18+/m0/s1. The summed E-state index contributed by atoms with van der Waals surface area (Å²) < 4.78 is 24.5. The maximum absolute atomic E-state index is 6.69. The van der Waals surface area contributed by atoms with Gasteiger partial charge in [0.05, 0.1) is 18.3 Å². The van der Waals surface area contributed by atoms with Crippen LogP contribution < -0.4 is 0 Å². The van der Waals surface area contributed by atoms with E-state index >= 15 is 0 Å². The lowest BCUT2D eigenvalue weighted by Gasteiger charge is -2.52. The first-order valence-electron chi connectivity index (χ1n) is 8.70. The van der Waals surface area contributed by atoms with Gasteiger partial charge in [0.2, 0.25) is 0 Å². The van der Waals surface area contributed by atoms with Crippen molar-refractivity contribution in [1.82, 2.24) is 0 Å². The molecule has 0 aromatic heterocycles. The molecule has 0 aliphatic carbocycles. The Morgan fingerprint density at radius 1 is 1.22 bits per heavy atom. The van der Waals surface area contributed by atoms with Gasteiger partial charge in [-0.05, 0) is 31.5 Å². The highest BCUT2D eigenvalue weighted by atomic mass is 28.4. The highest BCUT2D eigenvalue weighted by Crippen LogP contribution is 2.43. The second-order valence-corrected chi connectivity index (χ2v) is 13.3. The number of rotatable bonds is 4. The van der Waals surface area contributed by atoms with Crippen molar-refractivity contribution in [2.24, 2.45) is 0 Å². The lowest BCUT2D eigenvalue weighted by atomic mass is 9.86. The van der Waals surface area contributed by atoms with E-state index in [0.29, 0.717) is 0 Å². The SMILES string of the molecule is C=C[C@@]1(C)O[C@H]2CCC(OC)O[C@@H]2C[C@@H]1O[Si](C)(C)C(C)(C)C. The lowest BCUT2D eigenvalue weighted by molar-refractivity contribution is -0.275. The Morgan fingerprint density at radius 3 is 2.39 bits per heavy atom. The molecule has 0 radical (unpaired) electrons. The van der Waals surface area contributed by atoms with Crippen molar-refractivity contribution in [3.8, 4) is 0 Å². The molecule has 5 heteroatoms. The zero-order valence-corrected chi connectivity index (χ0v) is 16.8. The highest BCUT2D eigenvalue weighted by molar-refractivity contribution is 6.74. The van der Waals surface area contributed by atoms with Crippen LogP contribution in [0.4, 0.5) is 0 Å². The maximum atomic E-state index is 6.69. The van der Waals surface area contributed by atoms with Gasteiger partial charge < -0.3 is 18.6 Å². The zero-order valence-electron chi connectivity index (χ0n) is 15.8. The predicted octanol–water partition coefficient (Wildman–Crippen LogP) is 4.26. The van der Waals surface area contributed by atoms with E-state index in [9.17, 15) is 0 Å². The Hall–Kier alpha value is -0.203. The first-order chi connectivity index (χ1) is 10.5. The monoisotopic (exact) mass is 342 g/mol. The van der Waals surface area contributed by atoms with Gasteiger partial charge in [-0.15, -0.1) is 6.58 Å². The van der Waals surface area contributed by atoms with E-state index in [1.165, 1.54) is 0 Å². The van der Waals surface area contributed by atoms with E-state index in [1.54, 1.807) is 7.11 Å². The molecule has 5 atom stereocenters. The number of hydrogen-bond donors (Lipinski definition) is 0. The Labute approximate surface area is 142 Å². The molecule has 4 nitrogen and oxygen atoms in total. The van der Waals surface area contributed by atoms with Crippen molar-refractivity contribution in [3.63, 3.8) is 0 Å². The van der Waals surface area contributed by atoms with Gasteiger partial charge in [0, 0.05) is 20.0 Å². The van der Waals surface area contributed by atoms with Crippen LogP contribution in [0.2, 0.25) is 18.1 Å². The van der Waals surface area contributed by atoms with Crippen molar-refractivity contribution in [1.29, 1.82) is 0 Å². The smallest absolute Gasteiger partial charge is 0.192 e. The average Bonchev–Trinajstić information content (AvgIpc) is 2.46. The Balaban J connectivity index is 2.18. The molecule has 2 aliphatic rings. The molecule has 23 heavy (non-hydrogen) atoms. The molecule has 0 N–H and O–H groups in total. The summed E-state index contributed by atoms with van der Waals surface area (Å²) in [6, 6.07) is 0. The fourth-order valence-corrected chi connectivity index (χ4v) is 4.47. The van der Waals surface area contributed by atoms with E-state index < -0.39 is 13.9 Å². The summed E-state index contributed by atoms with van der Waals surface area (Å²) in [5.41, 5.74) is -0.458. The molecule has 2 aliphatic heterocycles. The molecule has 2 heterocycles. The van der Waals surface area contributed by atoms with Crippen LogP contribution in [0.5, 0.6) is 0 Å². The van der Waals surface area contributed by atoms with Crippen molar-refractivity contribution in [3.05, 3.63) is 12.7 Å². The van der Waals surface area contributed by atoms with E-state index in [1.807, 2.05) is 6.08 Å². The number of methoxy groups -OCH3 is 1. The second kappa shape index (κ2) is 6.60. The van der Waals surface area contributed by atoms with E-state index in [2.05, 4.69) is 47.4 Å². The first-order valence-corrected chi connectivity index (χ1v) is 11.6. The summed E-state index contributed by atoms with van der Waals surface area (Å²) in [5, 5.41) is 0.161. The largest absolute Gasteiger partial charge is 0.411 e. The van der Waals surface area contributed by atoms with Crippen LogP contribution >= 0.6 is 0 Å². The molecule has 0 spiro atoms. The highest BCUT2D eigenvalue weighted by Gasteiger charge is 2.51. The van der Waals surface area contributed by atoms with Crippen LogP contribution in [-0.2, 0) is 18.6 Å². The molecular formula is C18H34O4Si.